The standard InChI is InChI=1S/C22H18N2O5/c1-12-19(25)13(2)22(27)29-20(12)18-10-16-9-15(3-4-17(16)28-18)21(26)24-11-14-5-7-23-8-6-14/h3-10,25H,11H2,1-2H3,(H,24,26). The van der Waals surface area contributed by atoms with Gasteiger partial charge < -0.3 is 19.3 Å². The molecule has 0 aliphatic rings. The number of pyridine rings is 1. The van der Waals surface area contributed by atoms with Crippen LogP contribution in [-0.2, 0) is 6.54 Å². The van der Waals surface area contributed by atoms with Gasteiger partial charge in [-0.15, -0.1) is 0 Å². The Kier molecular flexibility index (Phi) is 4.64. The number of amides is 1. The van der Waals surface area contributed by atoms with E-state index < -0.39 is 5.63 Å². The van der Waals surface area contributed by atoms with Crippen LogP contribution in [0.2, 0.25) is 0 Å². The molecule has 0 radical (unpaired) electrons. The maximum atomic E-state index is 12.5. The fourth-order valence-electron chi connectivity index (χ4n) is 3.05. The summed E-state index contributed by atoms with van der Waals surface area (Å²) in [6, 6.07) is 10.4. The molecule has 3 aromatic heterocycles. The molecule has 0 fully saturated rings. The number of nitrogens with zero attached hydrogens (tertiary/aromatic N) is 1. The minimum atomic E-state index is -0.625. The number of hydrogen-bond acceptors (Lipinski definition) is 6. The van der Waals surface area contributed by atoms with Crippen molar-refractivity contribution in [2.24, 2.45) is 0 Å². The summed E-state index contributed by atoms with van der Waals surface area (Å²) in [4.78, 5) is 28.3. The Balaban J connectivity index is 1.63. The van der Waals surface area contributed by atoms with Gasteiger partial charge in [0.2, 0.25) is 0 Å². The van der Waals surface area contributed by atoms with Gasteiger partial charge in [-0.2, -0.15) is 0 Å². The number of aromatic hydroxyl groups is 1. The highest BCUT2D eigenvalue weighted by atomic mass is 16.4. The number of carbonyl (C=O) groups excluding carboxylic acids is 1. The van der Waals surface area contributed by atoms with Crippen LogP contribution in [0.1, 0.15) is 27.0 Å². The van der Waals surface area contributed by atoms with Crippen molar-refractivity contribution in [2.75, 3.05) is 0 Å². The molecular weight excluding hydrogens is 372 g/mol. The maximum Gasteiger partial charge on any atom is 0.343 e. The number of rotatable bonds is 4. The third-order valence-electron chi connectivity index (χ3n) is 4.76. The van der Waals surface area contributed by atoms with Gasteiger partial charge in [0.1, 0.15) is 11.3 Å². The Morgan fingerprint density at radius 1 is 1.07 bits per heavy atom. The minimum Gasteiger partial charge on any atom is -0.507 e. The Bertz CT molecular complexity index is 1270. The van der Waals surface area contributed by atoms with Gasteiger partial charge in [-0.25, -0.2) is 4.79 Å². The fourth-order valence-corrected chi connectivity index (χ4v) is 3.05. The summed E-state index contributed by atoms with van der Waals surface area (Å²) in [5, 5.41) is 13.7. The van der Waals surface area contributed by atoms with Gasteiger partial charge in [-0.05, 0) is 55.8 Å². The molecule has 0 saturated heterocycles. The summed E-state index contributed by atoms with van der Waals surface area (Å²) < 4.78 is 11.1. The van der Waals surface area contributed by atoms with Crippen molar-refractivity contribution in [1.82, 2.24) is 10.3 Å². The first-order chi connectivity index (χ1) is 13.9. The lowest BCUT2D eigenvalue weighted by atomic mass is 10.1. The van der Waals surface area contributed by atoms with Crippen LogP contribution in [0.5, 0.6) is 5.75 Å². The highest BCUT2D eigenvalue weighted by Gasteiger charge is 2.18. The van der Waals surface area contributed by atoms with E-state index in [1.165, 1.54) is 6.92 Å². The molecule has 1 amide bonds. The molecule has 0 aliphatic carbocycles. The predicted octanol–water partition coefficient (Wildman–Crippen LogP) is 3.70. The third-order valence-corrected chi connectivity index (χ3v) is 4.76. The molecule has 29 heavy (non-hydrogen) atoms. The average Bonchev–Trinajstić information content (AvgIpc) is 3.16. The van der Waals surface area contributed by atoms with Crippen LogP contribution in [0.25, 0.3) is 22.5 Å². The molecule has 2 N–H and O–H groups in total. The molecule has 0 spiro atoms. The van der Waals surface area contributed by atoms with Crippen molar-refractivity contribution in [3.63, 3.8) is 0 Å². The first kappa shape index (κ1) is 18.5. The Morgan fingerprint density at radius 2 is 1.83 bits per heavy atom. The monoisotopic (exact) mass is 390 g/mol. The van der Waals surface area contributed by atoms with E-state index in [0.717, 1.165) is 5.56 Å². The quantitative estimate of drug-likeness (QED) is 0.550. The number of hydrogen-bond donors (Lipinski definition) is 2. The molecule has 0 saturated carbocycles. The third kappa shape index (κ3) is 3.50. The summed E-state index contributed by atoms with van der Waals surface area (Å²) in [5.41, 5.74) is 1.90. The van der Waals surface area contributed by atoms with E-state index in [4.69, 9.17) is 8.83 Å². The van der Waals surface area contributed by atoms with Crippen molar-refractivity contribution in [3.05, 3.63) is 81.5 Å². The minimum absolute atomic E-state index is 0.118. The number of fused-ring (bicyclic) bond motifs is 1. The van der Waals surface area contributed by atoms with Crippen molar-refractivity contribution in [2.45, 2.75) is 20.4 Å². The van der Waals surface area contributed by atoms with E-state index in [-0.39, 0.29) is 23.0 Å². The number of carbonyl (C=O) groups is 1. The lowest BCUT2D eigenvalue weighted by molar-refractivity contribution is 0.0951. The molecule has 7 nitrogen and oxygen atoms in total. The zero-order chi connectivity index (χ0) is 20.5. The van der Waals surface area contributed by atoms with Gasteiger partial charge in [0, 0.05) is 35.5 Å². The van der Waals surface area contributed by atoms with Crippen molar-refractivity contribution < 1.29 is 18.7 Å². The molecule has 4 rings (SSSR count). The SMILES string of the molecule is Cc1c(-c2cc3cc(C(=O)NCc4ccncc4)ccc3o2)oc(=O)c(C)c1O. The molecule has 7 heteroatoms. The van der Waals surface area contributed by atoms with Crippen LogP contribution in [0.4, 0.5) is 0 Å². The molecular formula is C22H18N2O5. The number of benzene rings is 1. The molecule has 0 bridgehead atoms. The molecule has 1 aromatic carbocycles. The molecule has 4 aromatic rings. The van der Waals surface area contributed by atoms with Crippen LogP contribution >= 0.6 is 0 Å². The van der Waals surface area contributed by atoms with Crippen molar-refractivity contribution in [1.29, 1.82) is 0 Å². The fraction of sp³-hybridized carbons (Fsp3) is 0.136. The zero-order valence-electron chi connectivity index (χ0n) is 15.9. The molecule has 0 atom stereocenters. The second-order valence-corrected chi connectivity index (χ2v) is 6.72. The van der Waals surface area contributed by atoms with Crippen LogP contribution in [-0.4, -0.2) is 16.0 Å². The summed E-state index contributed by atoms with van der Waals surface area (Å²) in [6.07, 6.45) is 3.34. The van der Waals surface area contributed by atoms with E-state index in [1.807, 2.05) is 12.1 Å². The smallest absolute Gasteiger partial charge is 0.343 e. The van der Waals surface area contributed by atoms with Crippen molar-refractivity contribution >= 4 is 16.9 Å². The highest BCUT2D eigenvalue weighted by molar-refractivity contribution is 5.98. The van der Waals surface area contributed by atoms with Crippen LogP contribution in [0.15, 0.2) is 62.4 Å². The lowest BCUT2D eigenvalue weighted by Gasteiger charge is -2.05. The Morgan fingerprint density at radius 3 is 2.59 bits per heavy atom. The number of nitrogens with one attached hydrogen (secondary N) is 1. The molecule has 146 valence electrons. The average molecular weight is 390 g/mol. The lowest BCUT2D eigenvalue weighted by Crippen LogP contribution is -2.22. The predicted molar refractivity (Wildman–Crippen MR) is 107 cm³/mol. The number of aromatic nitrogens is 1. The van der Waals surface area contributed by atoms with E-state index in [9.17, 15) is 14.7 Å². The first-order valence-electron chi connectivity index (χ1n) is 8.98. The maximum absolute atomic E-state index is 12.5. The first-order valence-corrected chi connectivity index (χ1v) is 8.98. The summed E-state index contributed by atoms with van der Waals surface area (Å²) >= 11 is 0. The molecule has 0 unspecified atom stereocenters. The van der Waals surface area contributed by atoms with Gasteiger partial charge in [-0.1, -0.05) is 0 Å². The molecule has 0 aliphatic heterocycles. The van der Waals surface area contributed by atoms with Gasteiger partial charge in [0.25, 0.3) is 5.91 Å². The van der Waals surface area contributed by atoms with E-state index in [2.05, 4.69) is 10.3 Å². The van der Waals surface area contributed by atoms with E-state index in [1.54, 1.807) is 43.6 Å². The van der Waals surface area contributed by atoms with Crippen LogP contribution in [0.3, 0.4) is 0 Å². The topological polar surface area (TPSA) is 106 Å². The second kappa shape index (κ2) is 7.27. The number of furan rings is 1. The largest absolute Gasteiger partial charge is 0.507 e. The highest BCUT2D eigenvalue weighted by Crippen LogP contribution is 2.33. The van der Waals surface area contributed by atoms with Crippen molar-refractivity contribution in [3.8, 4) is 17.3 Å². The van der Waals surface area contributed by atoms with Gasteiger partial charge >= 0.3 is 5.63 Å². The van der Waals surface area contributed by atoms with Crippen LogP contribution < -0.4 is 10.9 Å². The Hall–Kier alpha value is -3.87. The van der Waals surface area contributed by atoms with E-state index >= 15 is 0 Å². The van der Waals surface area contributed by atoms with Gasteiger partial charge in [-0.3, -0.25) is 9.78 Å². The Labute approximate surface area is 165 Å². The zero-order valence-corrected chi connectivity index (χ0v) is 15.9. The second-order valence-electron chi connectivity index (χ2n) is 6.72. The molecule has 3 heterocycles. The summed E-state index contributed by atoms with van der Waals surface area (Å²) in [5.74, 6) is 0.132. The summed E-state index contributed by atoms with van der Waals surface area (Å²) in [7, 11) is 0. The van der Waals surface area contributed by atoms with Gasteiger partial charge in [0.05, 0.1) is 5.56 Å². The van der Waals surface area contributed by atoms with E-state index in [0.29, 0.717) is 34.4 Å². The van der Waals surface area contributed by atoms with Gasteiger partial charge in [0.15, 0.2) is 11.5 Å². The summed E-state index contributed by atoms with van der Waals surface area (Å²) in [6.45, 7) is 3.53. The van der Waals surface area contributed by atoms with Crippen LogP contribution in [0, 0.1) is 13.8 Å². The normalized spacial score (nSPS) is 11.0.